The summed E-state index contributed by atoms with van der Waals surface area (Å²) >= 11 is 0. The highest BCUT2D eigenvalue weighted by atomic mass is 19.1. The van der Waals surface area contributed by atoms with Crippen molar-refractivity contribution in [1.29, 1.82) is 0 Å². The normalized spacial score (nSPS) is 19.9. The van der Waals surface area contributed by atoms with Crippen LogP contribution in [0.25, 0.3) is 0 Å². The third-order valence-electron chi connectivity index (χ3n) is 6.11. The zero-order valence-electron chi connectivity index (χ0n) is 18.4. The number of para-hydroxylation sites is 2. The molecule has 1 aliphatic heterocycles. The molecule has 162 valence electrons. The largest absolute Gasteiger partial charge is 0.357 e. The molecule has 2 aliphatic rings. The molecular formula is C26H29FN2O2. The van der Waals surface area contributed by atoms with Crippen molar-refractivity contribution < 1.29 is 14.0 Å². The van der Waals surface area contributed by atoms with E-state index in [1.54, 1.807) is 23.1 Å². The predicted molar refractivity (Wildman–Crippen MR) is 121 cm³/mol. The number of halogens is 1. The van der Waals surface area contributed by atoms with Crippen LogP contribution < -0.4 is 10.2 Å². The Morgan fingerprint density at radius 1 is 1.13 bits per heavy atom. The fraction of sp³-hybridized carbons (Fsp3) is 0.385. The summed E-state index contributed by atoms with van der Waals surface area (Å²) in [5.41, 5.74) is 2.88. The van der Waals surface area contributed by atoms with Gasteiger partial charge in [-0.2, -0.15) is 0 Å². The zero-order valence-corrected chi connectivity index (χ0v) is 18.4. The summed E-state index contributed by atoms with van der Waals surface area (Å²) in [5, 5.41) is 3.45. The van der Waals surface area contributed by atoms with Crippen molar-refractivity contribution in [2.24, 2.45) is 5.41 Å². The molecule has 0 radical (unpaired) electrons. The summed E-state index contributed by atoms with van der Waals surface area (Å²) in [7, 11) is 0. The number of fused-ring (bicyclic) bond motifs is 1. The average molecular weight is 421 g/mol. The Labute approximate surface area is 183 Å². The molecule has 0 spiro atoms. The van der Waals surface area contributed by atoms with Crippen LogP contribution in [-0.4, -0.2) is 11.7 Å². The average Bonchev–Trinajstić information content (AvgIpc) is 2.85. The number of benzene rings is 2. The number of carbonyl (C=O) groups is 2. The minimum absolute atomic E-state index is 0.0342. The molecule has 0 saturated carbocycles. The van der Waals surface area contributed by atoms with Crippen molar-refractivity contribution in [3.05, 3.63) is 71.2 Å². The van der Waals surface area contributed by atoms with Crippen LogP contribution in [0.15, 0.2) is 59.8 Å². The smallest absolute Gasteiger partial charge is 0.227 e. The Kier molecular flexibility index (Phi) is 5.69. The lowest BCUT2D eigenvalue weighted by molar-refractivity contribution is -0.119. The van der Waals surface area contributed by atoms with Crippen LogP contribution in [0.1, 0.15) is 64.5 Å². The van der Waals surface area contributed by atoms with Crippen molar-refractivity contribution in [2.75, 3.05) is 10.2 Å². The predicted octanol–water partition coefficient (Wildman–Crippen LogP) is 6.16. The summed E-state index contributed by atoms with van der Waals surface area (Å²) in [6.45, 7) is 6.16. The second-order valence-corrected chi connectivity index (χ2v) is 9.27. The van der Waals surface area contributed by atoms with Gasteiger partial charge in [0.25, 0.3) is 0 Å². The van der Waals surface area contributed by atoms with Crippen LogP contribution in [0.5, 0.6) is 0 Å². The highest BCUT2D eigenvalue weighted by Gasteiger charge is 2.43. The Hall–Kier alpha value is -2.95. The molecule has 2 aromatic carbocycles. The molecule has 31 heavy (non-hydrogen) atoms. The Balaban J connectivity index is 1.99. The van der Waals surface area contributed by atoms with Crippen LogP contribution in [0, 0.1) is 11.2 Å². The van der Waals surface area contributed by atoms with Gasteiger partial charge in [0.05, 0.1) is 17.4 Å². The Bertz CT molecular complexity index is 1060. The van der Waals surface area contributed by atoms with Crippen molar-refractivity contribution in [3.63, 3.8) is 0 Å². The third-order valence-corrected chi connectivity index (χ3v) is 6.11. The number of hydrogen-bond acceptors (Lipinski definition) is 3. The van der Waals surface area contributed by atoms with Gasteiger partial charge in [0.2, 0.25) is 5.91 Å². The number of nitrogens with one attached hydrogen (secondary N) is 1. The van der Waals surface area contributed by atoms with Crippen LogP contribution in [-0.2, 0) is 9.59 Å². The SMILES string of the molecule is CCCCC(=O)N1c2ccccc2NC2=C(C(=O)CC(C)(C)C2)[C@@H]1c1ccccc1F. The van der Waals surface area contributed by atoms with Gasteiger partial charge in [-0.1, -0.05) is 57.5 Å². The second-order valence-electron chi connectivity index (χ2n) is 9.27. The molecule has 0 saturated heterocycles. The molecule has 1 aliphatic carbocycles. The first-order valence-corrected chi connectivity index (χ1v) is 11.0. The molecule has 0 unspecified atom stereocenters. The molecule has 4 nitrogen and oxygen atoms in total. The lowest BCUT2D eigenvalue weighted by Gasteiger charge is -2.37. The van der Waals surface area contributed by atoms with Crippen LogP contribution in [0.4, 0.5) is 15.8 Å². The standard InChI is InChI=1S/C26H29FN2O2/c1-4-5-14-23(31)29-21-13-9-8-12-19(21)28-20-15-26(2,3)16-22(30)24(20)25(29)17-10-6-7-11-18(17)27/h6-13,25,28H,4-5,14-16H2,1-3H3/t25-/m0/s1. The number of Topliss-reactive ketones (excluding diaryl/α,β-unsaturated/α-hetero) is 1. The lowest BCUT2D eigenvalue weighted by Crippen LogP contribution is -2.39. The van der Waals surface area contributed by atoms with Crippen LogP contribution in [0.3, 0.4) is 0 Å². The summed E-state index contributed by atoms with van der Waals surface area (Å²) in [6, 6.07) is 13.2. The summed E-state index contributed by atoms with van der Waals surface area (Å²) in [4.78, 5) is 28.6. The van der Waals surface area contributed by atoms with Gasteiger partial charge in [-0.05, 0) is 36.5 Å². The van der Waals surface area contributed by atoms with Gasteiger partial charge in [0.15, 0.2) is 5.78 Å². The van der Waals surface area contributed by atoms with E-state index < -0.39 is 11.9 Å². The van der Waals surface area contributed by atoms with Gasteiger partial charge >= 0.3 is 0 Å². The quantitative estimate of drug-likeness (QED) is 0.644. The highest BCUT2D eigenvalue weighted by molar-refractivity contribution is 6.06. The Morgan fingerprint density at radius 3 is 2.58 bits per heavy atom. The molecule has 0 aromatic heterocycles. The first kappa shape index (κ1) is 21.3. The first-order valence-electron chi connectivity index (χ1n) is 11.0. The lowest BCUT2D eigenvalue weighted by atomic mass is 9.73. The van der Waals surface area contributed by atoms with E-state index in [0.29, 0.717) is 36.1 Å². The number of amides is 1. The van der Waals surface area contributed by atoms with E-state index in [9.17, 15) is 9.59 Å². The Morgan fingerprint density at radius 2 is 1.84 bits per heavy atom. The van der Waals surface area contributed by atoms with Gasteiger partial charge in [0, 0.05) is 29.7 Å². The molecule has 1 atom stereocenters. The summed E-state index contributed by atoms with van der Waals surface area (Å²) in [6.07, 6.45) is 2.99. The maximum absolute atomic E-state index is 15.1. The van der Waals surface area contributed by atoms with E-state index in [4.69, 9.17) is 0 Å². The fourth-order valence-electron chi connectivity index (χ4n) is 4.70. The third kappa shape index (κ3) is 4.01. The van der Waals surface area contributed by atoms with E-state index in [0.717, 1.165) is 24.2 Å². The number of hydrogen-bond donors (Lipinski definition) is 1. The first-order chi connectivity index (χ1) is 14.8. The molecule has 1 N–H and O–H groups in total. The van der Waals surface area contributed by atoms with Crippen LogP contribution in [0.2, 0.25) is 0 Å². The number of nitrogens with zero attached hydrogens (tertiary/aromatic N) is 1. The topological polar surface area (TPSA) is 49.4 Å². The van der Waals surface area contributed by atoms with Crippen molar-refractivity contribution in [2.45, 2.75) is 58.9 Å². The van der Waals surface area contributed by atoms with Crippen molar-refractivity contribution in [3.8, 4) is 0 Å². The molecular weight excluding hydrogens is 391 g/mol. The molecule has 2 aromatic rings. The van der Waals surface area contributed by atoms with Crippen LogP contribution >= 0.6 is 0 Å². The maximum Gasteiger partial charge on any atom is 0.227 e. The van der Waals surface area contributed by atoms with E-state index in [1.165, 1.54) is 6.07 Å². The van der Waals surface area contributed by atoms with Gasteiger partial charge in [-0.25, -0.2) is 4.39 Å². The number of anilines is 2. The maximum atomic E-state index is 15.1. The minimum Gasteiger partial charge on any atom is -0.357 e. The monoisotopic (exact) mass is 420 g/mol. The second kappa shape index (κ2) is 8.29. The zero-order chi connectivity index (χ0) is 22.2. The number of rotatable bonds is 4. The molecule has 1 amide bonds. The van der Waals surface area contributed by atoms with Crippen molar-refractivity contribution in [1.82, 2.24) is 0 Å². The van der Waals surface area contributed by atoms with Crippen molar-refractivity contribution >= 4 is 23.1 Å². The summed E-state index contributed by atoms with van der Waals surface area (Å²) in [5.74, 6) is -0.548. The number of allylic oxidation sites excluding steroid dienone is 1. The minimum atomic E-state index is -0.791. The highest BCUT2D eigenvalue weighted by Crippen LogP contribution is 2.48. The van der Waals surface area contributed by atoms with Gasteiger partial charge < -0.3 is 5.32 Å². The van der Waals surface area contributed by atoms with E-state index in [1.807, 2.05) is 31.2 Å². The molecule has 0 bridgehead atoms. The van der Waals surface area contributed by atoms with Gasteiger partial charge in [-0.3, -0.25) is 14.5 Å². The summed E-state index contributed by atoms with van der Waals surface area (Å²) < 4.78 is 15.1. The number of carbonyl (C=O) groups excluding carboxylic acids is 2. The molecule has 1 heterocycles. The molecule has 5 heteroatoms. The number of unbranched alkanes of at least 4 members (excludes halogenated alkanes) is 1. The number of ketones is 1. The molecule has 0 fully saturated rings. The van der Waals surface area contributed by atoms with E-state index >= 15 is 4.39 Å². The fourth-order valence-corrected chi connectivity index (χ4v) is 4.70. The van der Waals surface area contributed by atoms with E-state index in [2.05, 4.69) is 19.2 Å². The van der Waals surface area contributed by atoms with Gasteiger partial charge in [0.1, 0.15) is 5.82 Å². The molecule has 4 rings (SSSR count). The van der Waals surface area contributed by atoms with E-state index in [-0.39, 0.29) is 17.1 Å². The van der Waals surface area contributed by atoms with Gasteiger partial charge in [-0.15, -0.1) is 0 Å².